The third-order valence-corrected chi connectivity index (χ3v) is 3.39. The number of amides is 1. The molecule has 0 fully saturated rings. The summed E-state index contributed by atoms with van der Waals surface area (Å²) < 4.78 is 0.960. The highest BCUT2D eigenvalue weighted by Crippen LogP contribution is 2.18. The first-order valence-electron chi connectivity index (χ1n) is 6.36. The highest BCUT2D eigenvalue weighted by Gasteiger charge is 2.09. The summed E-state index contributed by atoms with van der Waals surface area (Å²) in [7, 11) is 4.01. The van der Waals surface area contributed by atoms with Crippen LogP contribution in [0.25, 0.3) is 0 Å². The van der Waals surface area contributed by atoms with Crippen LogP contribution < -0.4 is 5.32 Å². The van der Waals surface area contributed by atoms with Gasteiger partial charge in [-0.05, 0) is 50.0 Å². The molecule has 0 saturated heterocycles. The van der Waals surface area contributed by atoms with E-state index in [2.05, 4.69) is 26.1 Å². The van der Waals surface area contributed by atoms with E-state index in [4.69, 9.17) is 0 Å². The summed E-state index contributed by atoms with van der Waals surface area (Å²) in [5.41, 5.74) is 2.60. The Morgan fingerprint density at radius 3 is 2.40 bits per heavy atom. The van der Waals surface area contributed by atoms with E-state index in [-0.39, 0.29) is 5.91 Å². The fourth-order valence-electron chi connectivity index (χ4n) is 1.92. The third kappa shape index (κ3) is 3.92. The van der Waals surface area contributed by atoms with Gasteiger partial charge in [0.2, 0.25) is 0 Å². The Balaban J connectivity index is 2.17. The highest BCUT2D eigenvalue weighted by molar-refractivity contribution is 9.10. The second kappa shape index (κ2) is 6.68. The number of hydrogen-bond acceptors (Lipinski definition) is 2. The third-order valence-electron chi connectivity index (χ3n) is 2.86. The lowest BCUT2D eigenvalue weighted by molar-refractivity contribution is 0.102. The van der Waals surface area contributed by atoms with Crippen LogP contribution in [0.1, 0.15) is 15.9 Å². The van der Waals surface area contributed by atoms with E-state index in [1.165, 1.54) is 0 Å². The Hall–Kier alpha value is -1.65. The standard InChI is InChI=1S/C16H17BrN2O/c1-19(2)11-13-5-3-4-6-15(13)18-16(20)12-7-9-14(17)10-8-12/h3-10H,11H2,1-2H3,(H,18,20). The van der Waals surface area contributed by atoms with Crippen LogP contribution in [0.3, 0.4) is 0 Å². The minimum atomic E-state index is -0.0938. The molecule has 0 aliphatic rings. The molecule has 0 aliphatic carbocycles. The molecule has 104 valence electrons. The molecule has 20 heavy (non-hydrogen) atoms. The first kappa shape index (κ1) is 14.8. The molecule has 0 aliphatic heterocycles. The number of anilines is 1. The first-order valence-corrected chi connectivity index (χ1v) is 7.15. The lowest BCUT2D eigenvalue weighted by Gasteiger charge is -2.14. The van der Waals surface area contributed by atoms with Crippen LogP contribution in [0.15, 0.2) is 53.0 Å². The van der Waals surface area contributed by atoms with E-state index < -0.39 is 0 Å². The Kier molecular flexibility index (Phi) is 4.93. The number of halogens is 1. The summed E-state index contributed by atoms with van der Waals surface area (Å²) in [5.74, 6) is -0.0938. The number of nitrogens with one attached hydrogen (secondary N) is 1. The van der Waals surface area contributed by atoms with Crippen molar-refractivity contribution < 1.29 is 4.79 Å². The van der Waals surface area contributed by atoms with E-state index in [1.807, 2.05) is 50.5 Å². The summed E-state index contributed by atoms with van der Waals surface area (Å²) in [4.78, 5) is 14.3. The zero-order chi connectivity index (χ0) is 14.5. The van der Waals surface area contributed by atoms with Crippen LogP contribution in [-0.4, -0.2) is 24.9 Å². The molecular weight excluding hydrogens is 316 g/mol. The molecule has 0 radical (unpaired) electrons. The second-order valence-electron chi connectivity index (χ2n) is 4.86. The summed E-state index contributed by atoms with van der Waals surface area (Å²) in [6.45, 7) is 0.788. The van der Waals surface area contributed by atoms with Gasteiger partial charge in [-0.2, -0.15) is 0 Å². The van der Waals surface area contributed by atoms with Crippen molar-refractivity contribution in [2.75, 3.05) is 19.4 Å². The molecule has 2 rings (SSSR count). The van der Waals surface area contributed by atoms with Gasteiger partial charge in [0.1, 0.15) is 0 Å². The van der Waals surface area contributed by atoms with Gasteiger partial charge in [-0.15, -0.1) is 0 Å². The molecule has 0 bridgehead atoms. The van der Waals surface area contributed by atoms with Crippen molar-refractivity contribution in [1.82, 2.24) is 4.90 Å². The van der Waals surface area contributed by atoms with Gasteiger partial charge >= 0.3 is 0 Å². The van der Waals surface area contributed by atoms with Gasteiger partial charge in [-0.3, -0.25) is 4.79 Å². The number of carbonyl (C=O) groups is 1. The minimum Gasteiger partial charge on any atom is -0.322 e. The van der Waals surface area contributed by atoms with Crippen LogP contribution >= 0.6 is 15.9 Å². The zero-order valence-electron chi connectivity index (χ0n) is 11.6. The van der Waals surface area contributed by atoms with Gasteiger partial charge in [-0.1, -0.05) is 34.1 Å². The quantitative estimate of drug-likeness (QED) is 0.924. The number of nitrogens with zero attached hydrogens (tertiary/aromatic N) is 1. The molecule has 2 aromatic rings. The topological polar surface area (TPSA) is 32.3 Å². The maximum atomic E-state index is 12.2. The number of para-hydroxylation sites is 1. The Bertz CT molecular complexity index is 594. The van der Waals surface area contributed by atoms with Crippen molar-refractivity contribution in [2.45, 2.75) is 6.54 Å². The number of benzene rings is 2. The molecule has 0 saturated carbocycles. The summed E-state index contributed by atoms with van der Waals surface area (Å²) in [6.07, 6.45) is 0. The molecule has 3 nitrogen and oxygen atoms in total. The SMILES string of the molecule is CN(C)Cc1ccccc1NC(=O)c1ccc(Br)cc1. The molecule has 0 spiro atoms. The average Bonchev–Trinajstić information content (AvgIpc) is 2.41. The molecule has 4 heteroatoms. The van der Waals surface area contributed by atoms with Crippen LogP contribution in [0.4, 0.5) is 5.69 Å². The first-order chi connectivity index (χ1) is 9.56. The van der Waals surface area contributed by atoms with Gasteiger partial charge in [0.25, 0.3) is 5.91 Å². The maximum Gasteiger partial charge on any atom is 0.255 e. The Morgan fingerprint density at radius 1 is 1.10 bits per heavy atom. The molecule has 0 atom stereocenters. The average molecular weight is 333 g/mol. The summed E-state index contributed by atoms with van der Waals surface area (Å²) in [5, 5.41) is 2.97. The van der Waals surface area contributed by atoms with E-state index in [9.17, 15) is 4.79 Å². The number of hydrogen-bond donors (Lipinski definition) is 1. The Morgan fingerprint density at radius 2 is 1.75 bits per heavy atom. The number of carbonyl (C=O) groups excluding carboxylic acids is 1. The van der Waals surface area contributed by atoms with Crippen LogP contribution in [0.5, 0.6) is 0 Å². The van der Waals surface area contributed by atoms with Gasteiger partial charge in [0.15, 0.2) is 0 Å². The van der Waals surface area contributed by atoms with Gasteiger partial charge in [0, 0.05) is 22.3 Å². The molecular formula is C16H17BrN2O. The Labute approximate surface area is 127 Å². The van der Waals surface area contributed by atoms with Gasteiger partial charge < -0.3 is 10.2 Å². The van der Waals surface area contributed by atoms with Gasteiger partial charge in [-0.25, -0.2) is 0 Å². The van der Waals surface area contributed by atoms with E-state index in [1.54, 1.807) is 12.1 Å². The van der Waals surface area contributed by atoms with Crippen molar-refractivity contribution >= 4 is 27.5 Å². The van der Waals surface area contributed by atoms with Crippen molar-refractivity contribution in [2.24, 2.45) is 0 Å². The van der Waals surface area contributed by atoms with Crippen LogP contribution in [-0.2, 0) is 6.54 Å². The predicted octanol–water partition coefficient (Wildman–Crippen LogP) is 3.76. The molecule has 1 amide bonds. The van der Waals surface area contributed by atoms with Crippen LogP contribution in [0.2, 0.25) is 0 Å². The highest BCUT2D eigenvalue weighted by atomic mass is 79.9. The maximum absolute atomic E-state index is 12.2. The molecule has 1 N–H and O–H groups in total. The van der Waals surface area contributed by atoms with Gasteiger partial charge in [0.05, 0.1) is 0 Å². The monoisotopic (exact) mass is 332 g/mol. The van der Waals surface area contributed by atoms with E-state index in [0.29, 0.717) is 5.56 Å². The van der Waals surface area contributed by atoms with Crippen molar-refractivity contribution in [3.8, 4) is 0 Å². The van der Waals surface area contributed by atoms with Crippen LogP contribution in [0, 0.1) is 0 Å². The fraction of sp³-hybridized carbons (Fsp3) is 0.188. The smallest absolute Gasteiger partial charge is 0.255 e. The zero-order valence-corrected chi connectivity index (χ0v) is 13.1. The molecule has 0 heterocycles. The summed E-state index contributed by atoms with van der Waals surface area (Å²) in [6, 6.07) is 15.2. The molecule has 0 unspecified atom stereocenters. The van der Waals surface area contributed by atoms with E-state index in [0.717, 1.165) is 22.3 Å². The van der Waals surface area contributed by atoms with Crippen molar-refractivity contribution in [3.05, 3.63) is 64.1 Å². The number of rotatable bonds is 4. The minimum absolute atomic E-state index is 0.0938. The molecule has 2 aromatic carbocycles. The lowest BCUT2D eigenvalue weighted by Crippen LogP contribution is -2.16. The van der Waals surface area contributed by atoms with E-state index >= 15 is 0 Å². The summed E-state index contributed by atoms with van der Waals surface area (Å²) >= 11 is 3.36. The fourth-order valence-corrected chi connectivity index (χ4v) is 2.18. The largest absolute Gasteiger partial charge is 0.322 e. The lowest BCUT2D eigenvalue weighted by atomic mass is 10.1. The normalized spacial score (nSPS) is 10.6. The predicted molar refractivity (Wildman–Crippen MR) is 85.9 cm³/mol. The van der Waals surface area contributed by atoms with Crippen molar-refractivity contribution in [1.29, 1.82) is 0 Å². The second-order valence-corrected chi connectivity index (χ2v) is 5.77. The van der Waals surface area contributed by atoms with Crippen molar-refractivity contribution in [3.63, 3.8) is 0 Å². The molecule has 0 aromatic heterocycles.